The summed E-state index contributed by atoms with van der Waals surface area (Å²) in [6, 6.07) is 0. The third-order valence-electron chi connectivity index (χ3n) is 1.41. The molecule has 0 fully saturated rings. The lowest BCUT2D eigenvalue weighted by atomic mass is 10.3. The van der Waals surface area contributed by atoms with Gasteiger partial charge in [0, 0.05) is 13.0 Å². The lowest BCUT2D eigenvalue weighted by Crippen LogP contribution is -2.22. The summed E-state index contributed by atoms with van der Waals surface area (Å²) in [5.74, 6) is 0.272. The summed E-state index contributed by atoms with van der Waals surface area (Å²) in [4.78, 5) is 0. The quantitative estimate of drug-likeness (QED) is 0.137. The van der Waals surface area contributed by atoms with Crippen LogP contribution in [0, 0.1) is 0 Å². The second kappa shape index (κ2) is 8.07. The number of amidine groups is 1. The minimum absolute atomic E-state index is 0.272. The van der Waals surface area contributed by atoms with Crippen LogP contribution in [0.1, 0.15) is 19.8 Å². The minimum Gasteiger partial charge on any atom is -0.409 e. The van der Waals surface area contributed by atoms with Crippen molar-refractivity contribution in [2.24, 2.45) is 10.9 Å². The molecule has 0 rings (SSSR count). The molecule has 0 saturated carbocycles. The standard InChI is InChI=1S/C8H17N3O/c1-2-3-4-6-10-7-5-8(9)11-12/h2-3,10,12H,4-7H2,1H3,(H2,9,11)/b3-2+. The Morgan fingerprint density at radius 2 is 2.33 bits per heavy atom. The number of nitrogens with one attached hydrogen (secondary N) is 1. The molecule has 4 N–H and O–H groups in total. The molecule has 0 unspecified atom stereocenters. The fourth-order valence-corrected chi connectivity index (χ4v) is 0.744. The predicted octanol–water partition coefficient (Wildman–Crippen LogP) is 0.679. The second-order valence-corrected chi connectivity index (χ2v) is 2.45. The van der Waals surface area contributed by atoms with Crippen molar-refractivity contribution >= 4 is 5.84 Å². The lowest BCUT2D eigenvalue weighted by Gasteiger charge is -2.00. The van der Waals surface area contributed by atoms with Crippen LogP contribution >= 0.6 is 0 Å². The molecule has 0 amide bonds. The van der Waals surface area contributed by atoms with E-state index >= 15 is 0 Å². The summed E-state index contributed by atoms with van der Waals surface area (Å²) in [6.45, 7) is 3.69. The molecule has 0 radical (unpaired) electrons. The van der Waals surface area contributed by atoms with E-state index in [1.807, 2.05) is 13.0 Å². The van der Waals surface area contributed by atoms with Gasteiger partial charge in [0.15, 0.2) is 0 Å². The number of nitrogens with zero attached hydrogens (tertiary/aromatic N) is 1. The molecule has 0 atom stereocenters. The normalized spacial score (nSPS) is 12.6. The summed E-state index contributed by atoms with van der Waals surface area (Å²) >= 11 is 0. The highest BCUT2D eigenvalue weighted by Gasteiger charge is 1.90. The maximum atomic E-state index is 8.20. The van der Waals surface area contributed by atoms with Crippen molar-refractivity contribution in [2.45, 2.75) is 19.8 Å². The molecule has 0 aromatic heterocycles. The van der Waals surface area contributed by atoms with Crippen LogP contribution < -0.4 is 11.1 Å². The van der Waals surface area contributed by atoms with Gasteiger partial charge in [-0.1, -0.05) is 17.3 Å². The zero-order valence-electron chi connectivity index (χ0n) is 7.45. The number of allylic oxidation sites excluding steroid dienone is 1. The fraction of sp³-hybridized carbons (Fsp3) is 0.625. The maximum Gasteiger partial charge on any atom is 0.140 e. The monoisotopic (exact) mass is 171 g/mol. The third kappa shape index (κ3) is 7.08. The summed E-state index contributed by atoms with van der Waals surface area (Å²) in [6.07, 6.45) is 5.72. The molecule has 12 heavy (non-hydrogen) atoms. The van der Waals surface area contributed by atoms with Crippen LogP contribution in [0.4, 0.5) is 0 Å². The average molecular weight is 171 g/mol. The molecule has 0 aromatic carbocycles. The van der Waals surface area contributed by atoms with E-state index in [0.717, 1.165) is 19.5 Å². The Labute approximate surface area is 73.1 Å². The van der Waals surface area contributed by atoms with Crippen molar-refractivity contribution in [3.63, 3.8) is 0 Å². The van der Waals surface area contributed by atoms with Crippen molar-refractivity contribution < 1.29 is 5.21 Å². The van der Waals surface area contributed by atoms with Gasteiger partial charge in [-0.15, -0.1) is 0 Å². The van der Waals surface area contributed by atoms with Gasteiger partial charge in [0.25, 0.3) is 0 Å². The molecule has 0 aromatic rings. The largest absolute Gasteiger partial charge is 0.409 e. The Bertz CT molecular complexity index is 154. The first kappa shape index (κ1) is 11.0. The first-order valence-electron chi connectivity index (χ1n) is 4.09. The molecule has 0 heterocycles. The number of nitrogens with two attached hydrogens (primary N) is 1. The van der Waals surface area contributed by atoms with Crippen LogP contribution in [0.3, 0.4) is 0 Å². The first-order valence-corrected chi connectivity index (χ1v) is 4.09. The van der Waals surface area contributed by atoms with Crippen molar-refractivity contribution in [1.82, 2.24) is 5.32 Å². The molecular weight excluding hydrogens is 154 g/mol. The van der Waals surface area contributed by atoms with E-state index in [2.05, 4.69) is 16.5 Å². The SMILES string of the molecule is C/C=C/CCNCC/C(N)=N/O. The number of hydrogen-bond donors (Lipinski definition) is 3. The number of rotatable bonds is 6. The summed E-state index contributed by atoms with van der Waals surface area (Å²) in [5.41, 5.74) is 5.26. The fourth-order valence-electron chi connectivity index (χ4n) is 0.744. The van der Waals surface area contributed by atoms with Crippen LogP contribution in [0.5, 0.6) is 0 Å². The van der Waals surface area contributed by atoms with E-state index in [0.29, 0.717) is 6.42 Å². The molecule has 4 nitrogen and oxygen atoms in total. The minimum atomic E-state index is 0.272. The smallest absolute Gasteiger partial charge is 0.140 e. The van der Waals surface area contributed by atoms with Gasteiger partial charge in [-0.3, -0.25) is 0 Å². The summed E-state index contributed by atoms with van der Waals surface area (Å²) < 4.78 is 0. The van der Waals surface area contributed by atoms with E-state index in [9.17, 15) is 0 Å². The molecule has 0 spiro atoms. The zero-order valence-corrected chi connectivity index (χ0v) is 7.45. The molecule has 0 aliphatic carbocycles. The number of hydrogen-bond acceptors (Lipinski definition) is 3. The molecule has 0 bridgehead atoms. The highest BCUT2D eigenvalue weighted by atomic mass is 16.4. The Balaban J connectivity index is 3.11. The molecule has 0 saturated heterocycles. The molecule has 0 aliphatic heterocycles. The average Bonchev–Trinajstić information content (AvgIpc) is 2.10. The second-order valence-electron chi connectivity index (χ2n) is 2.45. The van der Waals surface area contributed by atoms with Gasteiger partial charge in [0.1, 0.15) is 5.84 Å². The Morgan fingerprint density at radius 1 is 1.58 bits per heavy atom. The van der Waals surface area contributed by atoms with Gasteiger partial charge in [-0.05, 0) is 19.9 Å². The Hall–Kier alpha value is -1.03. The molecule has 70 valence electrons. The van der Waals surface area contributed by atoms with Gasteiger partial charge in [0.2, 0.25) is 0 Å². The predicted molar refractivity (Wildman–Crippen MR) is 50.3 cm³/mol. The van der Waals surface area contributed by atoms with Crippen LogP contribution in [0.15, 0.2) is 17.3 Å². The molecule has 0 aliphatic rings. The van der Waals surface area contributed by atoms with E-state index in [1.54, 1.807) is 0 Å². The van der Waals surface area contributed by atoms with Crippen LogP contribution in [0.2, 0.25) is 0 Å². The Morgan fingerprint density at radius 3 is 2.92 bits per heavy atom. The van der Waals surface area contributed by atoms with Gasteiger partial charge < -0.3 is 16.3 Å². The van der Waals surface area contributed by atoms with E-state index in [4.69, 9.17) is 10.9 Å². The summed E-state index contributed by atoms with van der Waals surface area (Å²) in [7, 11) is 0. The van der Waals surface area contributed by atoms with E-state index in [-0.39, 0.29) is 5.84 Å². The van der Waals surface area contributed by atoms with Crippen LogP contribution in [-0.4, -0.2) is 24.1 Å². The maximum absolute atomic E-state index is 8.20. The van der Waals surface area contributed by atoms with Gasteiger partial charge in [-0.25, -0.2) is 0 Å². The van der Waals surface area contributed by atoms with Crippen molar-refractivity contribution in [2.75, 3.05) is 13.1 Å². The van der Waals surface area contributed by atoms with Gasteiger partial charge >= 0.3 is 0 Å². The third-order valence-corrected chi connectivity index (χ3v) is 1.41. The van der Waals surface area contributed by atoms with E-state index < -0.39 is 0 Å². The topological polar surface area (TPSA) is 70.6 Å². The highest BCUT2D eigenvalue weighted by Crippen LogP contribution is 1.81. The number of oxime groups is 1. The molecular formula is C8H17N3O. The summed E-state index contributed by atoms with van der Waals surface area (Å²) in [5, 5.41) is 14.2. The van der Waals surface area contributed by atoms with Crippen molar-refractivity contribution in [3.05, 3.63) is 12.2 Å². The van der Waals surface area contributed by atoms with Gasteiger partial charge in [0.05, 0.1) is 0 Å². The van der Waals surface area contributed by atoms with Crippen molar-refractivity contribution in [3.8, 4) is 0 Å². The Kier molecular flexibility index (Phi) is 7.38. The lowest BCUT2D eigenvalue weighted by molar-refractivity contribution is 0.316. The first-order chi connectivity index (χ1) is 5.81. The van der Waals surface area contributed by atoms with Crippen LogP contribution in [-0.2, 0) is 0 Å². The van der Waals surface area contributed by atoms with Gasteiger partial charge in [-0.2, -0.15) is 0 Å². The molecule has 4 heteroatoms. The van der Waals surface area contributed by atoms with Crippen LogP contribution in [0.25, 0.3) is 0 Å². The van der Waals surface area contributed by atoms with E-state index in [1.165, 1.54) is 0 Å². The van der Waals surface area contributed by atoms with Crippen molar-refractivity contribution in [1.29, 1.82) is 0 Å². The highest BCUT2D eigenvalue weighted by molar-refractivity contribution is 5.79. The zero-order chi connectivity index (χ0) is 9.23.